The molecule has 21 nitrogen and oxygen atoms in total. The van der Waals surface area contributed by atoms with Crippen LogP contribution in [0.5, 0.6) is 17.2 Å². The third kappa shape index (κ3) is 17.5. The minimum atomic E-state index is -1.30. The molecule has 5 N–H and O–H groups in total. The van der Waals surface area contributed by atoms with Gasteiger partial charge in [-0.15, -0.1) is 0 Å². The number of methoxy groups -OCH3 is 3. The summed E-state index contributed by atoms with van der Waals surface area (Å²) >= 11 is 0. The Kier molecular flexibility index (Phi) is 26.3. The normalized spacial score (nSPS) is 14.0. The molecule has 2 aliphatic rings. The number of carboxylic acids is 2. The highest BCUT2D eigenvalue weighted by Crippen LogP contribution is 2.33. The van der Waals surface area contributed by atoms with Crippen LogP contribution in [0.25, 0.3) is 44.7 Å². The average Bonchev–Trinajstić information content (AvgIpc) is 2.20. The van der Waals surface area contributed by atoms with Gasteiger partial charge in [-0.3, -0.25) is 0 Å². The van der Waals surface area contributed by atoms with Crippen molar-refractivity contribution in [3.05, 3.63) is 152 Å². The molecule has 10 rings (SSSR count). The van der Waals surface area contributed by atoms with Crippen LogP contribution >= 0.6 is 13.5 Å². The fraction of sp³-hybridized carbons (Fsp3) is 0.361. The van der Waals surface area contributed by atoms with Gasteiger partial charge in [0.15, 0.2) is 0 Å². The van der Waals surface area contributed by atoms with E-state index in [2.05, 4.69) is 73.1 Å². The van der Waals surface area contributed by atoms with Crippen LogP contribution in [0.3, 0.4) is 0 Å². The summed E-state index contributed by atoms with van der Waals surface area (Å²) in [6.07, 6.45) is 8.58. The Bertz CT molecular complexity index is 3660. The van der Waals surface area contributed by atoms with Gasteiger partial charge < -0.3 is 59.0 Å². The Hall–Kier alpha value is -8.58. The number of carbonyl (C=O) groups is 2. The van der Waals surface area contributed by atoms with Crippen molar-refractivity contribution in [2.24, 2.45) is 0 Å². The number of carboxylic acid groups (broad SMARTS) is 2. The topological polar surface area (TPSA) is 275 Å². The Morgan fingerprint density at radius 1 is 0.682 bits per heavy atom. The number of halogens is 2. The maximum atomic E-state index is 13.8. The summed E-state index contributed by atoms with van der Waals surface area (Å²) in [5.74, 6) is -1.15. The molecule has 2 fully saturated rings. The smallest absolute Gasteiger partial charge is 0.347 e. The largest absolute Gasteiger partial charge is 0.497 e. The van der Waals surface area contributed by atoms with E-state index in [0.717, 1.165) is 54.1 Å². The number of nitrogens with one attached hydrogen (secondary N) is 1. The average molecular weight is 1200 g/mol. The van der Waals surface area contributed by atoms with E-state index in [9.17, 15) is 28.0 Å². The number of hydrogen-bond acceptors (Lipinski definition) is 19. The van der Waals surface area contributed by atoms with Crippen molar-refractivity contribution in [1.82, 2.24) is 40.0 Å². The second-order valence-electron chi connectivity index (χ2n) is 19.4. The summed E-state index contributed by atoms with van der Waals surface area (Å²) in [6, 6.07) is 20.8. The van der Waals surface area contributed by atoms with Gasteiger partial charge in [-0.2, -0.15) is 22.3 Å². The molecule has 2 atom stereocenters. The SMILES string of the molecule is C.CCc1cc(OC)cc(N)c1C(=O)O.CCc1cc(OC)cc2nc(-c3cccnc3F)oc(=O)c12.CCc1cc(OC)cc2nc(-c3cccnc3N3CC[C@H](N(C)C)C3)oc(=O)c12.CN(C)[C@H]1CCNC1.O=C(O)c1cccnc1F.S. The number of pyridine rings is 3. The second-order valence-corrected chi connectivity index (χ2v) is 19.4. The van der Waals surface area contributed by atoms with E-state index in [4.69, 9.17) is 39.0 Å². The highest BCUT2D eigenvalue weighted by Gasteiger charge is 2.28. The number of nitrogens with zero attached hydrogens (tertiary/aromatic N) is 8. The van der Waals surface area contributed by atoms with Crippen LogP contribution in [-0.4, -0.2) is 145 Å². The monoisotopic (exact) mass is 1190 g/mol. The van der Waals surface area contributed by atoms with Gasteiger partial charge in [-0.25, -0.2) is 44.1 Å². The number of aromatic nitrogens is 5. The fourth-order valence-electron chi connectivity index (χ4n) is 9.22. The molecule has 3 aromatic carbocycles. The maximum absolute atomic E-state index is 13.8. The number of nitrogen functional groups attached to an aromatic ring is 1. The van der Waals surface area contributed by atoms with Crippen LogP contribution < -0.4 is 41.4 Å². The van der Waals surface area contributed by atoms with E-state index < -0.39 is 35.0 Å². The molecule has 2 saturated heterocycles. The molecule has 2 aliphatic heterocycles. The molecule has 0 unspecified atom stereocenters. The number of aryl methyl sites for hydroxylation is 3. The van der Waals surface area contributed by atoms with Gasteiger partial charge in [0.25, 0.3) is 0 Å². The van der Waals surface area contributed by atoms with Crippen molar-refractivity contribution in [1.29, 1.82) is 0 Å². The standard InChI is InChI=1S/C22H26N4O3.C16H13FN2O3.C10H13NO3.C6H4FNO2.C6H14N2.CH4.H2S/c1-5-14-11-16(28-4)12-18-19(14)22(27)29-21(24-18)17-7-6-9-23-20(17)26-10-8-15(13-26)25(2)3;1-3-9-7-10(21-2)8-12-13(9)16(20)22-15(19-12)11-5-4-6-18-14(11)17;1-3-6-4-7(14-2)5-8(11)9(6)10(12)13;7-5-4(6(9)10)2-1-3-8-5;1-8(2)6-3-4-7-5-6;;/h6-7,9,11-12,15H,5,8,10,13H2,1-4H3;4-8H,3H2,1-2H3;4-5H,3,11H2,1-2H3,(H,12,13);1-3H,(H,9,10);6-7H,3-5H2,1-2H3;1H4;1H2/t15-;;;;6-;;/m0...0../s1. The summed E-state index contributed by atoms with van der Waals surface area (Å²) in [4.78, 5) is 73.1. The molecule has 0 spiro atoms. The molecule has 0 saturated carbocycles. The molecule has 5 aromatic heterocycles. The second kappa shape index (κ2) is 32.5. The Morgan fingerprint density at radius 2 is 1.16 bits per heavy atom. The number of likely N-dealkylation sites (N-methyl/N-ethyl adjacent to an activating group) is 2. The molecular weight excluding hydrogens is 1120 g/mol. The number of nitrogens with two attached hydrogens (primary N) is 1. The number of rotatable bonds is 13. The molecule has 0 radical (unpaired) electrons. The zero-order chi connectivity index (χ0) is 60.5. The van der Waals surface area contributed by atoms with Crippen LogP contribution in [0.2, 0.25) is 0 Å². The van der Waals surface area contributed by atoms with E-state index in [1.54, 1.807) is 43.6 Å². The molecule has 85 heavy (non-hydrogen) atoms. The van der Waals surface area contributed by atoms with Crippen LogP contribution in [0.1, 0.15) is 78.4 Å². The van der Waals surface area contributed by atoms with Crippen LogP contribution in [0.15, 0.2) is 110 Å². The summed E-state index contributed by atoms with van der Waals surface area (Å²) < 4.78 is 52.6. The quantitative estimate of drug-likeness (QED) is 0.0619. The molecule has 7 heterocycles. The first-order chi connectivity index (χ1) is 39.8. The number of anilines is 2. The first-order valence-corrected chi connectivity index (χ1v) is 26.7. The molecule has 8 aromatic rings. The molecule has 0 aliphatic carbocycles. The highest BCUT2D eigenvalue weighted by molar-refractivity contribution is 7.59. The summed E-state index contributed by atoms with van der Waals surface area (Å²) in [6.45, 7) is 9.94. The van der Waals surface area contributed by atoms with Crippen molar-refractivity contribution in [2.45, 2.75) is 72.4 Å². The highest BCUT2D eigenvalue weighted by atomic mass is 32.1. The molecular formula is C61H76F2N10O11S. The van der Waals surface area contributed by atoms with Crippen molar-refractivity contribution in [2.75, 3.05) is 86.3 Å². The Labute approximate surface area is 499 Å². The van der Waals surface area contributed by atoms with Crippen LogP contribution in [0, 0.1) is 11.9 Å². The molecule has 0 amide bonds. The predicted molar refractivity (Wildman–Crippen MR) is 330 cm³/mol. The zero-order valence-electron chi connectivity index (χ0n) is 48.7. The number of benzene rings is 3. The first-order valence-electron chi connectivity index (χ1n) is 26.7. The molecule has 0 bridgehead atoms. The Morgan fingerprint density at radius 3 is 1.59 bits per heavy atom. The van der Waals surface area contributed by atoms with Crippen molar-refractivity contribution in [3.8, 4) is 40.2 Å². The Balaban J connectivity index is 0.000000244. The minimum absolute atomic E-state index is 0. The third-order valence-electron chi connectivity index (χ3n) is 13.8. The van der Waals surface area contributed by atoms with Gasteiger partial charge in [-0.1, -0.05) is 28.2 Å². The van der Waals surface area contributed by atoms with Crippen molar-refractivity contribution in [3.63, 3.8) is 0 Å². The van der Waals surface area contributed by atoms with Gasteiger partial charge in [0.05, 0.1) is 65.5 Å². The lowest BCUT2D eigenvalue weighted by atomic mass is 10.0. The lowest BCUT2D eigenvalue weighted by Crippen LogP contribution is -2.31. The summed E-state index contributed by atoms with van der Waals surface area (Å²) in [7, 11) is 13.1. The lowest BCUT2D eigenvalue weighted by Gasteiger charge is -2.22. The predicted octanol–water partition coefficient (Wildman–Crippen LogP) is 9.04. The van der Waals surface area contributed by atoms with Crippen molar-refractivity contribution < 1.29 is 51.6 Å². The third-order valence-corrected chi connectivity index (χ3v) is 13.8. The van der Waals surface area contributed by atoms with E-state index in [-0.39, 0.29) is 55.1 Å². The van der Waals surface area contributed by atoms with Crippen LogP contribution in [0.4, 0.5) is 20.3 Å². The van der Waals surface area contributed by atoms with Crippen LogP contribution in [-0.2, 0) is 19.3 Å². The van der Waals surface area contributed by atoms with E-state index >= 15 is 0 Å². The van der Waals surface area contributed by atoms with Gasteiger partial charge in [0.2, 0.25) is 23.7 Å². The van der Waals surface area contributed by atoms with E-state index in [1.807, 2.05) is 39.0 Å². The number of aromatic carboxylic acids is 2. The first kappa shape index (κ1) is 68.9. The van der Waals surface area contributed by atoms with Crippen molar-refractivity contribution >= 4 is 58.7 Å². The number of fused-ring (bicyclic) bond motifs is 2. The lowest BCUT2D eigenvalue weighted by molar-refractivity contribution is 0.0682. The number of ether oxygens (including phenoxy) is 3. The van der Waals surface area contributed by atoms with Gasteiger partial charge in [0, 0.05) is 68.5 Å². The number of hydrogen-bond donors (Lipinski definition) is 4. The molecule has 24 heteroatoms. The van der Waals surface area contributed by atoms with E-state index in [0.29, 0.717) is 69.9 Å². The van der Waals surface area contributed by atoms with Gasteiger partial charge in [-0.05, 0) is 138 Å². The van der Waals surface area contributed by atoms with Gasteiger partial charge in [0.1, 0.15) is 28.6 Å². The maximum Gasteiger partial charge on any atom is 0.347 e. The fourth-order valence-corrected chi connectivity index (χ4v) is 9.22. The van der Waals surface area contributed by atoms with Gasteiger partial charge >= 0.3 is 23.2 Å². The summed E-state index contributed by atoms with van der Waals surface area (Å²) in [5.41, 5.74) is 8.78. The minimum Gasteiger partial charge on any atom is -0.497 e. The molecule has 456 valence electrons. The zero-order valence-corrected chi connectivity index (χ0v) is 49.7. The van der Waals surface area contributed by atoms with E-state index in [1.165, 1.54) is 64.3 Å². The summed E-state index contributed by atoms with van der Waals surface area (Å²) in [5, 5.41) is 21.4.